The second-order valence-corrected chi connectivity index (χ2v) is 3.22. The van der Waals surface area contributed by atoms with Gasteiger partial charge in [0.1, 0.15) is 6.29 Å². The van der Waals surface area contributed by atoms with E-state index in [1.807, 2.05) is 12.1 Å². The Morgan fingerprint density at radius 2 is 1.79 bits per heavy atom. The second kappa shape index (κ2) is 7.07. The summed E-state index contributed by atoms with van der Waals surface area (Å²) in [4.78, 5) is 8.81. The van der Waals surface area contributed by atoms with Gasteiger partial charge in [-0.3, -0.25) is 0 Å². The Bertz CT molecular complexity index is 287. The lowest BCUT2D eigenvalue weighted by molar-refractivity contribution is -0.106. The summed E-state index contributed by atoms with van der Waals surface area (Å²) in [6, 6.07) is 8.37. The van der Waals surface area contributed by atoms with Crippen LogP contribution in [0.3, 0.4) is 0 Å². The lowest BCUT2D eigenvalue weighted by Gasteiger charge is -2.08. The Labute approximate surface area is 86.5 Å². The zero-order chi connectivity index (χ0) is 11.0. The minimum absolute atomic E-state index is 0.587. The van der Waals surface area contributed by atoms with E-state index in [4.69, 9.17) is 4.79 Å². The van der Waals surface area contributed by atoms with E-state index in [2.05, 4.69) is 38.6 Å². The smallest absolute Gasteiger partial charge is 0.116 e. The molecule has 0 saturated heterocycles. The van der Waals surface area contributed by atoms with Crippen molar-refractivity contribution in [2.24, 2.45) is 0 Å². The van der Waals surface area contributed by atoms with Crippen LogP contribution in [0.15, 0.2) is 30.8 Å². The first kappa shape index (κ1) is 12.6. The largest absolute Gasteiger partial charge is 0.304 e. The first-order chi connectivity index (χ1) is 6.67. The van der Waals surface area contributed by atoms with Crippen molar-refractivity contribution in [3.8, 4) is 0 Å². The van der Waals surface area contributed by atoms with Crippen LogP contribution < -0.4 is 0 Å². The van der Waals surface area contributed by atoms with Gasteiger partial charge < -0.3 is 4.79 Å². The van der Waals surface area contributed by atoms with Crippen molar-refractivity contribution in [2.45, 2.75) is 26.7 Å². The van der Waals surface area contributed by atoms with Gasteiger partial charge in [-0.2, -0.15) is 0 Å². The number of carbonyl (C=O) groups excluding carboxylic acids is 1. The molecule has 14 heavy (non-hydrogen) atoms. The van der Waals surface area contributed by atoms with E-state index in [1.54, 1.807) is 0 Å². The SMILES string of the molecule is C=Cc1ccccc1C(C)C.CC=O. The van der Waals surface area contributed by atoms with Crippen LogP contribution in [0.4, 0.5) is 0 Å². The van der Waals surface area contributed by atoms with Crippen LogP contribution in [-0.2, 0) is 4.79 Å². The van der Waals surface area contributed by atoms with Crippen LogP contribution in [0.25, 0.3) is 6.08 Å². The molecule has 0 N–H and O–H groups in total. The van der Waals surface area contributed by atoms with Gasteiger partial charge in [0.05, 0.1) is 0 Å². The lowest BCUT2D eigenvalue weighted by atomic mass is 9.97. The maximum atomic E-state index is 8.81. The minimum atomic E-state index is 0.587. The molecule has 0 aliphatic carbocycles. The molecule has 0 unspecified atom stereocenters. The van der Waals surface area contributed by atoms with Gasteiger partial charge in [0.25, 0.3) is 0 Å². The number of hydrogen-bond donors (Lipinski definition) is 0. The summed E-state index contributed by atoms with van der Waals surface area (Å²) >= 11 is 0. The molecule has 1 aromatic rings. The molecule has 0 aromatic heterocycles. The van der Waals surface area contributed by atoms with Crippen molar-refractivity contribution < 1.29 is 4.79 Å². The van der Waals surface area contributed by atoms with Crippen LogP contribution in [0.1, 0.15) is 37.8 Å². The second-order valence-electron chi connectivity index (χ2n) is 3.22. The van der Waals surface area contributed by atoms with Crippen molar-refractivity contribution in [2.75, 3.05) is 0 Å². The highest BCUT2D eigenvalue weighted by atomic mass is 16.1. The molecule has 0 aliphatic rings. The number of carbonyl (C=O) groups is 1. The van der Waals surface area contributed by atoms with E-state index in [9.17, 15) is 0 Å². The quantitative estimate of drug-likeness (QED) is 0.650. The predicted octanol–water partition coefficient (Wildman–Crippen LogP) is 3.66. The molecule has 0 aliphatic heterocycles. The van der Waals surface area contributed by atoms with Gasteiger partial charge in [-0.25, -0.2) is 0 Å². The van der Waals surface area contributed by atoms with E-state index in [-0.39, 0.29) is 0 Å². The van der Waals surface area contributed by atoms with Crippen LogP contribution in [0, 0.1) is 0 Å². The van der Waals surface area contributed by atoms with Crippen LogP contribution in [0.5, 0.6) is 0 Å². The van der Waals surface area contributed by atoms with Gasteiger partial charge in [0.2, 0.25) is 0 Å². The molecular formula is C13H18O. The van der Waals surface area contributed by atoms with Crippen molar-refractivity contribution in [3.05, 3.63) is 42.0 Å². The Balaban J connectivity index is 0.000000500. The third-order valence-corrected chi connectivity index (χ3v) is 1.84. The van der Waals surface area contributed by atoms with Gasteiger partial charge >= 0.3 is 0 Å². The zero-order valence-electron chi connectivity index (χ0n) is 9.16. The number of aldehydes is 1. The molecule has 0 saturated carbocycles. The molecule has 0 fully saturated rings. The van der Waals surface area contributed by atoms with Gasteiger partial charge in [-0.05, 0) is 24.0 Å². The Kier molecular flexibility index (Phi) is 6.38. The molecule has 76 valence electrons. The minimum Gasteiger partial charge on any atom is -0.304 e. The highest BCUT2D eigenvalue weighted by Crippen LogP contribution is 2.19. The third-order valence-electron chi connectivity index (χ3n) is 1.84. The molecule has 0 radical (unpaired) electrons. The van der Waals surface area contributed by atoms with Crippen molar-refractivity contribution in [1.82, 2.24) is 0 Å². The number of rotatable bonds is 2. The van der Waals surface area contributed by atoms with E-state index < -0.39 is 0 Å². The fraction of sp³-hybridized carbons (Fsp3) is 0.308. The Morgan fingerprint density at radius 1 is 1.29 bits per heavy atom. The molecule has 1 heteroatoms. The highest BCUT2D eigenvalue weighted by molar-refractivity contribution is 5.52. The summed E-state index contributed by atoms with van der Waals surface area (Å²) in [5.41, 5.74) is 2.63. The van der Waals surface area contributed by atoms with Gasteiger partial charge in [-0.15, -0.1) is 0 Å². The van der Waals surface area contributed by atoms with Crippen LogP contribution in [0.2, 0.25) is 0 Å². The summed E-state index contributed by atoms with van der Waals surface area (Å²) in [6.45, 7) is 9.61. The first-order valence-corrected chi connectivity index (χ1v) is 4.78. The summed E-state index contributed by atoms with van der Waals surface area (Å²) in [6.07, 6.45) is 2.66. The Hall–Kier alpha value is -1.37. The molecule has 1 nitrogen and oxygen atoms in total. The van der Waals surface area contributed by atoms with Crippen molar-refractivity contribution in [3.63, 3.8) is 0 Å². The predicted molar refractivity (Wildman–Crippen MR) is 62.4 cm³/mol. The molecule has 1 rings (SSSR count). The van der Waals surface area contributed by atoms with E-state index in [0.29, 0.717) is 5.92 Å². The molecule has 0 bridgehead atoms. The molecule has 1 aromatic carbocycles. The fourth-order valence-corrected chi connectivity index (χ4v) is 1.22. The van der Waals surface area contributed by atoms with Gasteiger partial charge in [0, 0.05) is 0 Å². The summed E-state index contributed by atoms with van der Waals surface area (Å²) < 4.78 is 0. The summed E-state index contributed by atoms with van der Waals surface area (Å²) in [5, 5.41) is 0. The highest BCUT2D eigenvalue weighted by Gasteiger charge is 2.00. The molecule has 0 amide bonds. The molecule has 0 spiro atoms. The van der Waals surface area contributed by atoms with Crippen LogP contribution in [-0.4, -0.2) is 6.29 Å². The van der Waals surface area contributed by atoms with Crippen LogP contribution >= 0.6 is 0 Å². The standard InChI is InChI=1S/C11H14.C2H4O/c1-4-10-7-5-6-8-11(10)9(2)3;1-2-3/h4-9H,1H2,2-3H3;2H,1H3. The average molecular weight is 190 g/mol. The van der Waals surface area contributed by atoms with E-state index in [1.165, 1.54) is 18.1 Å². The van der Waals surface area contributed by atoms with Crippen molar-refractivity contribution >= 4 is 12.4 Å². The zero-order valence-corrected chi connectivity index (χ0v) is 9.16. The Morgan fingerprint density at radius 3 is 2.14 bits per heavy atom. The monoisotopic (exact) mass is 190 g/mol. The number of benzene rings is 1. The normalized spacial score (nSPS) is 8.86. The molecular weight excluding hydrogens is 172 g/mol. The fourth-order valence-electron chi connectivity index (χ4n) is 1.22. The first-order valence-electron chi connectivity index (χ1n) is 4.78. The maximum absolute atomic E-state index is 8.81. The topological polar surface area (TPSA) is 17.1 Å². The summed E-state index contributed by atoms with van der Waals surface area (Å²) in [7, 11) is 0. The van der Waals surface area contributed by atoms with Gasteiger partial charge in [0.15, 0.2) is 0 Å². The van der Waals surface area contributed by atoms with Crippen molar-refractivity contribution in [1.29, 1.82) is 0 Å². The summed E-state index contributed by atoms with van der Waals surface area (Å²) in [5.74, 6) is 0.587. The molecule has 0 heterocycles. The lowest BCUT2D eigenvalue weighted by Crippen LogP contribution is -1.89. The maximum Gasteiger partial charge on any atom is 0.116 e. The molecule has 0 atom stereocenters. The number of hydrogen-bond acceptors (Lipinski definition) is 1. The van der Waals surface area contributed by atoms with E-state index >= 15 is 0 Å². The average Bonchev–Trinajstić information content (AvgIpc) is 2.19. The van der Waals surface area contributed by atoms with Gasteiger partial charge in [-0.1, -0.05) is 50.8 Å². The van der Waals surface area contributed by atoms with E-state index in [0.717, 1.165) is 6.29 Å². The third kappa shape index (κ3) is 4.04.